The highest BCUT2D eigenvalue weighted by atomic mass is 15.2. The van der Waals surface area contributed by atoms with Crippen LogP contribution in [0, 0.1) is 5.92 Å². The van der Waals surface area contributed by atoms with Crippen LogP contribution >= 0.6 is 0 Å². The summed E-state index contributed by atoms with van der Waals surface area (Å²) < 4.78 is 0. The fourth-order valence-electron chi connectivity index (χ4n) is 12.1. The largest absolute Gasteiger partial charge is 0.337 e. The fourth-order valence-corrected chi connectivity index (χ4v) is 12.1. The predicted octanol–water partition coefficient (Wildman–Crippen LogP) is 18.4. The summed E-state index contributed by atoms with van der Waals surface area (Å²) in [4.78, 5) is 5.04. The Morgan fingerprint density at radius 3 is 1.57 bits per heavy atom. The number of nitrogens with zero attached hydrogens (tertiary/aromatic N) is 2. The number of hydrogen-bond donors (Lipinski definition) is 0. The Balaban J connectivity index is 0.995. The van der Waals surface area contributed by atoms with Gasteiger partial charge in [-0.25, -0.2) is 0 Å². The van der Waals surface area contributed by atoms with Gasteiger partial charge in [0.1, 0.15) is 0 Å². The monoisotopic (exact) mass is 920 g/mol. The van der Waals surface area contributed by atoms with E-state index in [0.29, 0.717) is 0 Å². The van der Waals surface area contributed by atoms with Crippen LogP contribution in [0.3, 0.4) is 0 Å². The van der Waals surface area contributed by atoms with Gasteiger partial charge in [-0.05, 0) is 115 Å². The molecule has 0 bridgehead atoms. The first-order chi connectivity index (χ1) is 35.6. The Morgan fingerprint density at radius 1 is 0.472 bits per heavy atom. The van der Waals surface area contributed by atoms with E-state index in [-0.39, 0.29) is 12.0 Å². The van der Waals surface area contributed by atoms with E-state index in [9.17, 15) is 0 Å². The standard InChI is InChI=1S/C70H52N2/c1-3-4-21-50-38-39-51-22-11-18-33-66(51)71(48(50)2)56-42-45-61-60-44-37-49(46-64(60)70(65(61)47-56,54-25-7-5-8-26-54)55-27-9-6-10-28-55)36-43-59-57-29-14-16-31-62(57)69(63-32-17-15-30-58(59)63)72-67-34-19-12-23-52(67)40-41-53-24-13-20-35-68(53)72/h3-48,50H,1H2,2H3/b21-4-,43-36+/t48?,50-/m1/s1. The minimum atomic E-state index is -0.600. The smallest absolute Gasteiger partial charge is 0.0714 e. The lowest BCUT2D eigenvalue weighted by molar-refractivity contribution is 0.620. The maximum atomic E-state index is 4.00. The van der Waals surface area contributed by atoms with E-state index in [1.165, 1.54) is 94.2 Å². The summed E-state index contributed by atoms with van der Waals surface area (Å²) in [5.41, 5.74) is 18.8. The predicted molar refractivity (Wildman–Crippen MR) is 308 cm³/mol. The zero-order valence-electron chi connectivity index (χ0n) is 40.2. The number of benzene rings is 10. The molecule has 3 aliphatic rings. The molecule has 0 aromatic heterocycles. The Morgan fingerprint density at radius 2 is 0.972 bits per heavy atom. The number of rotatable bonds is 8. The van der Waals surface area contributed by atoms with Gasteiger partial charge < -0.3 is 9.80 Å². The molecule has 10 aromatic rings. The summed E-state index contributed by atoms with van der Waals surface area (Å²) >= 11 is 0. The summed E-state index contributed by atoms with van der Waals surface area (Å²) in [6.07, 6.45) is 20.0. The minimum Gasteiger partial charge on any atom is -0.337 e. The first-order valence-corrected chi connectivity index (χ1v) is 25.2. The summed E-state index contributed by atoms with van der Waals surface area (Å²) in [6, 6.07) is 81.0. The van der Waals surface area contributed by atoms with Crippen molar-refractivity contribution in [2.24, 2.45) is 5.92 Å². The van der Waals surface area contributed by atoms with Crippen LogP contribution in [0.25, 0.3) is 63.1 Å². The molecule has 10 aromatic carbocycles. The number of hydrogen-bond acceptors (Lipinski definition) is 2. The fraction of sp³-hybridized carbons (Fsp3) is 0.0571. The van der Waals surface area contributed by atoms with Gasteiger partial charge in [-0.3, -0.25) is 0 Å². The summed E-state index contributed by atoms with van der Waals surface area (Å²) in [7, 11) is 0. The molecule has 72 heavy (non-hydrogen) atoms. The molecule has 0 amide bonds. The second-order valence-electron chi connectivity index (χ2n) is 19.2. The van der Waals surface area contributed by atoms with Crippen molar-refractivity contribution in [2.45, 2.75) is 18.4 Å². The van der Waals surface area contributed by atoms with Gasteiger partial charge in [-0.2, -0.15) is 0 Å². The zero-order valence-corrected chi connectivity index (χ0v) is 40.2. The molecule has 1 aliphatic carbocycles. The van der Waals surface area contributed by atoms with Crippen LogP contribution in [0.5, 0.6) is 0 Å². The zero-order chi connectivity index (χ0) is 48.2. The maximum absolute atomic E-state index is 4.00. The molecule has 13 rings (SSSR count). The second kappa shape index (κ2) is 17.8. The topological polar surface area (TPSA) is 6.48 Å². The first kappa shape index (κ1) is 43.1. The molecule has 0 fully saturated rings. The Labute approximate surface area is 422 Å². The third-order valence-electron chi connectivity index (χ3n) is 15.4. The highest BCUT2D eigenvalue weighted by Gasteiger charge is 2.47. The summed E-state index contributed by atoms with van der Waals surface area (Å²) in [6.45, 7) is 6.35. The second-order valence-corrected chi connectivity index (χ2v) is 19.2. The molecule has 0 N–H and O–H groups in total. The summed E-state index contributed by atoms with van der Waals surface area (Å²) in [5, 5.41) is 4.82. The van der Waals surface area contributed by atoms with E-state index in [2.05, 4.69) is 290 Å². The van der Waals surface area contributed by atoms with Crippen molar-refractivity contribution in [1.29, 1.82) is 0 Å². The van der Waals surface area contributed by atoms with Gasteiger partial charge in [0.15, 0.2) is 0 Å². The third kappa shape index (κ3) is 6.86. The molecule has 0 radical (unpaired) electrons. The van der Waals surface area contributed by atoms with Crippen LogP contribution < -0.4 is 9.80 Å². The Bertz CT molecular complexity index is 3730. The molecule has 0 saturated heterocycles. The number of allylic oxidation sites excluding steroid dienone is 2. The van der Waals surface area contributed by atoms with Crippen molar-refractivity contribution in [3.05, 3.63) is 299 Å². The molecular weight excluding hydrogens is 869 g/mol. The molecule has 2 atom stereocenters. The minimum absolute atomic E-state index is 0.136. The van der Waals surface area contributed by atoms with Gasteiger partial charge in [0, 0.05) is 34.1 Å². The molecule has 2 aliphatic heterocycles. The van der Waals surface area contributed by atoms with E-state index >= 15 is 0 Å². The van der Waals surface area contributed by atoms with Gasteiger partial charge in [0.25, 0.3) is 0 Å². The SMILES string of the molecule is C=C/C=C\[C@@H]1C=Cc2ccccc2N(c2ccc3c(c2)C(c2ccccc2)(c2ccccc2)c2cc(/C=C/c4c5ccccc5c(N5c6ccccc6C=Cc6ccccc65)c5ccccc45)ccc2-3)C1C. The summed E-state index contributed by atoms with van der Waals surface area (Å²) in [5.74, 6) is 0.175. The van der Waals surface area contributed by atoms with Crippen LogP contribution in [0.1, 0.15) is 57.0 Å². The molecule has 2 heterocycles. The first-order valence-electron chi connectivity index (χ1n) is 25.2. The quantitative estimate of drug-likeness (QED) is 0.0851. The average Bonchev–Trinajstić information content (AvgIpc) is 3.51. The van der Waals surface area contributed by atoms with E-state index in [1.54, 1.807) is 0 Å². The van der Waals surface area contributed by atoms with Gasteiger partial charge >= 0.3 is 0 Å². The normalized spacial score (nSPS) is 16.3. The van der Waals surface area contributed by atoms with Gasteiger partial charge in [-0.1, -0.05) is 243 Å². The van der Waals surface area contributed by atoms with Crippen molar-refractivity contribution < 1.29 is 0 Å². The molecule has 2 nitrogen and oxygen atoms in total. The highest BCUT2D eigenvalue weighted by Crippen LogP contribution is 2.58. The van der Waals surface area contributed by atoms with Crippen LogP contribution in [-0.4, -0.2) is 6.04 Å². The molecule has 2 heteroatoms. The van der Waals surface area contributed by atoms with E-state index in [4.69, 9.17) is 0 Å². The number of anilines is 5. The van der Waals surface area contributed by atoms with Crippen molar-refractivity contribution >= 4 is 80.4 Å². The van der Waals surface area contributed by atoms with Crippen LogP contribution in [0.4, 0.5) is 28.4 Å². The molecule has 342 valence electrons. The van der Waals surface area contributed by atoms with Gasteiger partial charge in [0.2, 0.25) is 0 Å². The Hall–Kier alpha value is -8.98. The van der Waals surface area contributed by atoms with Crippen LogP contribution in [-0.2, 0) is 5.41 Å². The average molecular weight is 921 g/mol. The molecular formula is C70H52N2. The maximum Gasteiger partial charge on any atom is 0.0714 e. The van der Waals surface area contributed by atoms with Crippen molar-refractivity contribution in [1.82, 2.24) is 0 Å². The molecule has 1 unspecified atom stereocenters. The molecule has 0 spiro atoms. The van der Waals surface area contributed by atoms with Crippen molar-refractivity contribution in [2.75, 3.05) is 9.80 Å². The van der Waals surface area contributed by atoms with Gasteiger partial charge in [0.05, 0.1) is 22.5 Å². The third-order valence-corrected chi connectivity index (χ3v) is 15.4. The van der Waals surface area contributed by atoms with Crippen molar-refractivity contribution in [3.63, 3.8) is 0 Å². The lowest BCUT2D eigenvalue weighted by Crippen LogP contribution is -2.34. The van der Waals surface area contributed by atoms with Crippen LogP contribution in [0.15, 0.2) is 249 Å². The van der Waals surface area contributed by atoms with E-state index in [1.807, 2.05) is 6.08 Å². The van der Waals surface area contributed by atoms with E-state index < -0.39 is 5.41 Å². The number of para-hydroxylation sites is 3. The van der Waals surface area contributed by atoms with Crippen molar-refractivity contribution in [3.8, 4) is 11.1 Å². The number of fused-ring (bicyclic) bond motifs is 8. The van der Waals surface area contributed by atoms with E-state index in [0.717, 1.165) is 16.9 Å². The molecule has 0 saturated carbocycles. The van der Waals surface area contributed by atoms with Gasteiger partial charge in [-0.15, -0.1) is 0 Å². The lowest BCUT2D eigenvalue weighted by Gasteiger charge is -2.37. The lowest BCUT2D eigenvalue weighted by atomic mass is 9.67. The highest BCUT2D eigenvalue weighted by molar-refractivity contribution is 6.20. The van der Waals surface area contributed by atoms with Crippen LogP contribution in [0.2, 0.25) is 0 Å². The Kier molecular flexibility index (Phi) is 10.6.